The van der Waals surface area contributed by atoms with Crippen molar-refractivity contribution in [3.8, 4) is 0 Å². The molecule has 0 saturated heterocycles. The summed E-state index contributed by atoms with van der Waals surface area (Å²) < 4.78 is 18.6. The monoisotopic (exact) mass is 711 g/mol. The van der Waals surface area contributed by atoms with E-state index < -0.39 is 32.5 Å². The fraction of sp³-hybridized carbons (Fsp3) is 0.667. The summed E-state index contributed by atoms with van der Waals surface area (Å²) in [5.74, 6) is -0.815. The van der Waals surface area contributed by atoms with Crippen LogP contribution in [0.5, 0.6) is 0 Å². The molecule has 0 fully saturated rings. The predicted molar refractivity (Wildman–Crippen MR) is 213 cm³/mol. The molecule has 2 atom stereocenters. The van der Waals surface area contributed by atoms with Gasteiger partial charge in [-0.3, -0.25) is 0 Å². The molecule has 0 aromatic heterocycles. The van der Waals surface area contributed by atoms with E-state index in [1.54, 1.807) is 24.3 Å². The van der Waals surface area contributed by atoms with E-state index in [0.717, 1.165) is 30.6 Å². The molecule has 2 aromatic rings. The lowest BCUT2D eigenvalue weighted by Crippen LogP contribution is -2.37. The molecule has 0 N–H and O–H groups in total. The van der Waals surface area contributed by atoms with E-state index >= 15 is 0 Å². The van der Waals surface area contributed by atoms with Crippen LogP contribution in [0.15, 0.2) is 48.5 Å². The van der Waals surface area contributed by atoms with Crippen LogP contribution in [-0.4, -0.2) is 67.3 Å². The predicted octanol–water partition coefficient (Wildman–Crippen LogP) is 11.1. The maximum absolute atomic E-state index is 13.5. The van der Waals surface area contributed by atoms with Gasteiger partial charge in [0.25, 0.3) is 0 Å². The van der Waals surface area contributed by atoms with Gasteiger partial charge in [0.15, 0.2) is 8.32 Å². The Morgan fingerprint density at radius 3 is 1.22 bits per heavy atom. The van der Waals surface area contributed by atoms with Crippen LogP contribution in [0.3, 0.4) is 0 Å². The number of rotatable bonds is 27. The van der Waals surface area contributed by atoms with Gasteiger partial charge in [0.2, 0.25) is 0 Å². The van der Waals surface area contributed by atoms with Crippen molar-refractivity contribution < 1.29 is 23.5 Å². The fourth-order valence-electron chi connectivity index (χ4n) is 6.04. The van der Waals surface area contributed by atoms with Crippen molar-refractivity contribution >= 4 is 31.6 Å². The minimum absolute atomic E-state index is 0.399. The second-order valence-corrected chi connectivity index (χ2v) is 19.8. The molecule has 0 spiro atoms. The number of carbonyl (C=O) groups excluding carboxylic acids is 2. The zero-order chi connectivity index (χ0) is 36.8. The number of hydrogen-bond acceptors (Lipinski definition) is 7. The molecule has 8 heteroatoms. The molecule has 0 aliphatic carbocycles. The van der Waals surface area contributed by atoms with Gasteiger partial charge in [0, 0.05) is 52.6 Å². The van der Waals surface area contributed by atoms with Crippen molar-refractivity contribution in [2.24, 2.45) is 0 Å². The molecule has 7 nitrogen and oxygen atoms in total. The number of unbranched alkanes of at least 4 members (excludes halogenated alkanes) is 14. The van der Waals surface area contributed by atoms with Crippen LogP contribution in [0.1, 0.15) is 137 Å². The van der Waals surface area contributed by atoms with Crippen molar-refractivity contribution in [3.63, 3.8) is 0 Å². The molecular weight excluding hydrogens is 641 g/mol. The molecule has 0 aliphatic heterocycles. The van der Waals surface area contributed by atoms with Gasteiger partial charge < -0.3 is 23.7 Å². The molecule has 0 saturated carbocycles. The summed E-state index contributed by atoms with van der Waals surface area (Å²) in [6, 6.07) is 14.8. The molecule has 0 amide bonds. The van der Waals surface area contributed by atoms with Gasteiger partial charge in [-0.05, 0) is 81.0 Å². The number of nitrogens with zero attached hydrogens (tertiary/aromatic N) is 2. The average Bonchev–Trinajstić information content (AvgIpc) is 3.08. The van der Waals surface area contributed by atoms with E-state index in [2.05, 4.69) is 26.6 Å². The first-order valence-corrected chi connectivity index (χ1v) is 22.9. The van der Waals surface area contributed by atoms with E-state index in [9.17, 15) is 9.59 Å². The van der Waals surface area contributed by atoms with Gasteiger partial charge >= 0.3 is 11.9 Å². The Morgan fingerprint density at radius 2 is 0.880 bits per heavy atom. The highest BCUT2D eigenvalue weighted by Crippen LogP contribution is 2.23. The lowest BCUT2D eigenvalue weighted by atomic mass is 10.0. The van der Waals surface area contributed by atoms with E-state index in [1.165, 1.54) is 77.0 Å². The molecule has 0 heterocycles. The first-order valence-electron chi connectivity index (χ1n) is 19.5. The van der Waals surface area contributed by atoms with Crippen LogP contribution >= 0.6 is 0 Å². The van der Waals surface area contributed by atoms with Crippen LogP contribution in [0, 0.1) is 0 Å². The number of benzene rings is 2. The summed E-state index contributed by atoms with van der Waals surface area (Å²) in [4.78, 5) is 30.9. The fourth-order valence-corrected chi connectivity index (χ4v) is 6.77. The Morgan fingerprint density at radius 1 is 0.540 bits per heavy atom. The van der Waals surface area contributed by atoms with Crippen LogP contribution in [0.2, 0.25) is 19.6 Å². The number of anilines is 2. The molecular formula is C42H70N2O5Si. The van der Waals surface area contributed by atoms with E-state index in [1.807, 2.05) is 62.3 Å². The Hall–Kier alpha value is -2.84. The maximum Gasteiger partial charge on any atom is 0.338 e. The quantitative estimate of drug-likeness (QED) is 0.0519. The SMILES string of the molecule is CCCCCCCCCCCCCCCCC[C@H](OC(=O)c1ccc(N(C)C)cc1)[C@H](CCO[Si](C)(C)C)OC(=O)c1ccc(N(C)C)cc1. The van der Waals surface area contributed by atoms with Crippen LogP contribution in [0.25, 0.3) is 0 Å². The van der Waals surface area contributed by atoms with Crippen molar-refractivity contribution in [3.05, 3.63) is 59.7 Å². The molecule has 282 valence electrons. The highest BCUT2D eigenvalue weighted by molar-refractivity contribution is 6.69. The normalized spacial score (nSPS) is 12.7. The molecule has 2 aromatic carbocycles. The molecule has 0 aliphatic rings. The van der Waals surface area contributed by atoms with Gasteiger partial charge in [0.05, 0.1) is 11.1 Å². The van der Waals surface area contributed by atoms with Crippen LogP contribution in [0.4, 0.5) is 11.4 Å². The Kier molecular flexibility index (Phi) is 21.1. The summed E-state index contributed by atoms with van der Waals surface area (Å²) in [5.41, 5.74) is 2.97. The summed E-state index contributed by atoms with van der Waals surface area (Å²) in [7, 11) is 6.07. The minimum Gasteiger partial charge on any atom is -0.455 e. The molecule has 0 unspecified atom stereocenters. The minimum atomic E-state index is -1.80. The second-order valence-electron chi connectivity index (χ2n) is 15.3. The molecule has 0 bridgehead atoms. The molecule has 0 radical (unpaired) electrons. The Balaban J connectivity index is 2.02. The third kappa shape index (κ3) is 18.4. The Bertz CT molecular complexity index is 1190. The summed E-state index contributed by atoms with van der Waals surface area (Å²) in [5, 5.41) is 0. The lowest BCUT2D eigenvalue weighted by Gasteiger charge is -2.28. The van der Waals surface area contributed by atoms with Crippen molar-refractivity contribution in [2.75, 3.05) is 44.6 Å². The first kappa shape index (κ1) is 43.3. The number of ether oxygens (including phenoxy) is 2. The summed E-state index contributed by atoms with van der Waals surface area (Å²) >= 11 is 0. The smallest absolute Gasteiger partial charge is 0.338 e. The van der Waals surface area contributed by atoms with Gasteiger partial charge in [0.1, 0.15) is 12.2 Å². The number of hydrogen-bond donors (Lipinski definition) is 0. The topological polar surface area (TPSA) is 68.3 Å². The average molecular weight is 711 g/mol. The third-order valence-electron chi connectivity index (χ3n) is 9.20. The van der Waals surface area contributed by atoms with Crippen molar-refractivity contribution in [1.29, 1.82) is 0 Å². The van der Waals surface area contributed by atoms with Crippen molar-refractivity contribution in [2.45, 2.75) is 148 Å². The van der Waals surface area contributed by atoms with E-state index in [-0.39, 0.29) is 0 Å². The molecule has 50 heavy (non-hydrogen) atoms. The Labute approximate surface area is 306 Å². The zero-order valence-electron chi connectivity index (χ0n) is 32.9. The van der Waals surface area contributed by atoms with Gasteiger partial charge in [-0.2, -0.15) is 0 Å². The van der Waals surface area contributed by atoms with Gasteiger partial charge in [-0.15, -0.1) is 0 Å². The summed E-state index contributed by atoms with van der Waals surface area (Å²) in [6.07, 6.45) is 19.2. The van der Waals surface area contributed by atoms with Crippen molar-refractivity contribution in [1.82, 2.24) is 0 Å². The largest absolute Gasteiger partial charge is 0.455 e. The summed E-state index contributed by atoms with van der Waals surface area (Å²) in [6.45, 7) is 9.15. The second kappa shape index (κ2) is 24.4. The number of carbonyl (C=O) groups is 2. The first-order chi connectivity index (χ1) is 23.9. The van der Waals surface area contributed by atoms with E-state index in [0.29, 0.717) is 30.6 Å². The maximum atomic E-state index is 13.5. The van der Waals surface area contributed by atoms with Crippen LogP contribution in [-0.2, 0) is 13.9 Å². The zero-order valence-corrected chi connectivity index (χ0v) is 33.9. The standard InChI is InChI=1S/C42H70N2O5Si/c1-9-10-11-12-13-14-15-16-17-18-19-20-21-22-23-24-39(48-41(45)35-25-29-37(30-26-35)43(2)3)40(33-34-47-50(6,7)8)49-42(46)36-27-31-38(32-28-36)44(4)5/h25-32,39-40H,9-24,33-34H2,1-8H3/t39-,40-/m0/s1. The van der Waals surface area contributed by atoms with E-state index in [4.69, 9.17) is 13.9 Å². The highest BCUT2D eigenvalue weighted by atomic mass is 28.4. The molecule has 2 rings (SSSR count). The third-order valence-corrected chi connectivity index (χ3v) is 10.3. The van der Waals surface area contributed by atoms with Gasteiger partial charge in [-0.25, -0.2) is 9.59 Å². The number of esters is 2. The lowest BCUT2D eigenvalue weighted by molar-refractivity contribution is -0.0451. The van der Waals surface area contributed by atoms with Gasteiger partial charge in [-0.1, -0.05) is 96.8 Å². The van der Waals surface area contributed by atoms with Crippen LogP contribution < -0.4 is 9.80 Å². The highest BCUT2D eigenvalue weighted by Gasteiger charge is 2.30.